The molecule has 16 heavy (non-hydrogen) atoms. The van der Waals surface area contributed by atoms with Gasteiger partial charge in [0.25, 0.3) is 0 Å². The molecule has 0 heterocycles. The molecule has 0 rings (SSSR count). The van der Waals surface area contributed by atoms with Crippen molar-refractivity contribution in [2.24, 2.45) is 5.73 Å². The number of hydrogen-bond acceptors (Lipinski definition) is 4. The van der Waals surface area contributed by atoms with Gasteiger partial charge in [-0.3, -0.25) is 4.79 Å². The second kappa shape index (κ2) is 9.92. The van der Waals surface area contributed by atoms with Crippen LogP contribution in [0.1, 0.15) is 6.92 Å². The molecule has 0 aromatic carbocycles. The highest BCUT2D eigenvalue weighted by atomic mass is 16.5. The molecule has 0 saturated heterocycles. The minimum atomic E-state index is -0.481. The van der Waals surface area contributed by atoms with Gasteiger partial charge in [-0.25, -0.2) is 4.79 Å². The molecule has 0 bridgehead atoms. The number of ether oxygens (including phenoxy) is 1. The van der Waals surface area contributed by atoms with E-state index in [-0.39, 0.29) is 5.97 Å². The van der Waals surface area contributed by atoms with E-state index in [4.69, 9.17) is 4.74 Å². The Kier molecular flexibility index (Phi) is 10.4. The number of carbonyl (C=O) groups excluding carboxylic acids is 2. The van der Waals surface area contributed by atoms with Gasteiger partial charge in [0.05, 0.1) is 0 Å². The predicted molar refractivity (Wildman–Crippen MR) is 63.7 cm³/mol. The lowest BCUT2D eigenvalue weighted by Gasteiger charge is -2.09. The molecular formula is C11H20N2O3. The fraction of sp³-hybridized carbons (Fsp3) is 0.455. The van der Waals surface area contributed by atoms with Gasteiger partial charge in [0, 0.05) is 12.1 Å². The highest BCUT2D eigenvalue weighted by Crippen LogP contribution is 1.91. The van der Waals surface area contributed by atoms with Crippen molar-refractivity contribution in [2.45, 2.75) is 6.92 Å². The second-order valence-electron chi connectivity index (χ2n) is 3.33. The van der Waals surface area contributed by atoms with Crippen LogP contribution in [-0.2, 0) is 14.3 Å². The van der Waals surface area contributed by atoms with Crippen molar-refractivity contribution in [3.63, 3.8) is 0 Å². The maximum Gasteiger partial charge on any atom is 0.333 e. The van der Waals surface area contributed by atoms with Gasteiger partial charge in [-0.15, -0.1) is 0 Å². The number of nitrogens with zero attached hydrogens (tertiary/aromatic N) is 1. The molecule has 0 radical (unpaired) electrons. The third-order valence-corrected chi connectivity index (χ3v) is 1.32. The summed E-state index contributed by atoms with van der Waals surface area (Å²) in [6.45, 7) is 9.37. The van der Waals surface area contributed by atoms with Crippen LogP contribution >= 0.6 is 0 Å². The predicted octanol–water partition coefficient (Wildman–Crippen LogP) is 0.325. The lowest BCUT2D eigenvalue weighted by atomic mass is 10.4. The topological polar surface area (TPSA) is 72.6 Å². The number of nitrogens with two attached hydrogens (primary N) is 1. The average Bonchev–Trinajstić information content (AvgIpc) is 2.17. The van der Waals surface area contributed by atoms with Crippen molar-refractivity contribution in [3.05, 3.63) is 24.8 Å². The summed E-state index contributed by atoms with van der Waals surface area (Å²) in [6.07, 6.45) is 1.06. The summed E-state index contributed by atoms with van der Waals surface area (Å²) in [7, 11) is 3.85. The van der Waals surface area contributed by atoms with E-state index in [0.717, 1.165) is 12.6 Å². The van der Waals surface area contributed by atoms with Crippen LogP contribution < -0.4 is 5.73 Å². The van der Waals surface area contributed by atoms with Crippen LogP contribution in [0.3, 0.4) is 0 Å². The van der Waals surface area contributed by atoms with E-state index in [1.807, 2.05) is 19.0 Å². The first kappa shape index (κ1) is 16.8. The van der Waals surface area contributed by atoms with Crippen LogP contribution in [0.5, 0.6) is 0 Å². The second-order valence-corrected chi connectivity index (χ2v) is 3.33. The van der Waals surface area contributed by atoms with E-state index in [1.165, 1.54) is 0 Å². The molecule has 0 aliphatic rings. The van der Waals surface area contributed by atoms with E-state index in [0.29, 0.717) is 12.2 Å². The normalized spacial score (nSPS) is 8.75. The molecule has 0 saturated carbocycles. The lowest BCUT2D eigenvalue weighted by molar-refractivity contribution is -0.139. The molecule has 0 aliphatic carbocycles. The standard InChI is InChI=1S/C8H15NO2.C3H5NO/c1-7(2)8(10)11-6-5-9(3)4;1-2-3(4)5/h1,5-6H2,2-4H3;2H,1H2,(H2,4,5). The summed E-state index contributed by atoms with van der Waals surface area (Å²) < 4.78 is 4.83. The first-order chi connectivity index (χ1) is 7.31. The molecule has 0 atom stereocenters. The van der Waals surface area contributed by atoms with Gasteiger partial charge < -0.3 is 15.4 Å². The summed E-state index contributed by atoms with van der Waals surface area (Å²) >= 11 is 0. The van der Waals surface area contributed by atoms with E-state index in [1.54, 1.807) is 6.92 Å². The van der Waals surface area contributed by atoms with Crippen molar-refractivity contribution in [2.75, 3.05) is 27.2 Å². The molecular weight excluding hydrogens is 208 g/mol. The van der Waals surface area contributed by atoms with Crippen LogP contribution in [0, 0.1) is 0 Å². The van der Waals surface area contributed by atoms with Gasteiger partial charge in [0.15, 0.2) is 0 Å². The molecule has 5 nitrogen and oxygen atoms in total. The van der Waals surface area contributed by atoms with E-state index in [2.05, 4.69) is 18.9 Å². The van der Waals surface area contributed by atoms with Crippen LogP contribution in [-0.4, -0.2) is 44.0 Å². The zero-order chi connectivity index (χ0) is 13.1. The van der Waals surface area contributed by atoms with Crippen molar-refractivity contribution >= 4 is 11.9 Å². The van der Waals surface area contributed by atoms with Gasteiger partial charge in [0.1, 0.15) is 6.61 Å². The Bertz CT molecular complexity index is 260. The maximum atomic E-state index is 10.8. The van der Waals surface area contributed by atoms with Gasteiger partial charge >= 0.3 is 5.97 Å². The van der Waals surface area contributed by atoms with Crippen LogP contribution in [0.2, 0.25) is 0 Å². The van der Waals surface area contributed by atoms with E-state index in [9.17, 15) is 9.59 Å². The van der Waals surface area contributed by atoms with Crippen LogP contribution in [0.15, 0.2) is 24.8 Å². The van der Waals surface area contributed by atoms with E-state index >= 15 is 0 Å². The molecule has 0 spiro atoms. The third kappa shape index (κ3) is 14.9. The fourth-order valence-corrected chi connectivity index (χ4v) is 0.444. The Balaban J connectivity index is 0. The molecule has 2 N–H and O–H groups in total. The highest BCUT2D eigenvalue weighted by Gasteiger charge is 2.01. The number of likely N-dealkylation sites (N-methyl/N-ethyl adjacent to an activating group) is 1. The molecule has 92 valence electrons. The average molecular weight is 228 g/mol. The minimum absolute atomic E-state index is 0.313. The van der Waals surface area contributed by atoms with Crippen molar-refractivity contribution in [3.8, 4) is 0 Å². The monoisotopic (exact) mass is 228 g/mol. The third-order valence-electron chi connectivity index (χ3n) is 1.32. The summed E-state index contributed by atoms with van der Waals surface area (Å²) in [4.78, 5) is 22.2. The van der Waals surface area contributed by atoms with Crippen molar-refractivity contribution < 1.29 is 14.3 Å². The Hall–Kier alpha value is -1.62. The molecule has 0 aliphatic heterocycles. The quantitative estimate of drug-likeness (QED) is 0.543. The number of hydrogen-bond donors (Lipinski definition) is 1. The summed E-state index contributed by atoms with van der Waals surface area (Å²) in [5, 5.41) is 0. The highest BCUT2D eigenvalue weighted by molar-refractivity contribution is 5.86. The number of primary amides is 1. The summed E-state index contributed by atoms with van der Waals surface area (Å²) in [5.41, 5.74) is 4.98. The zero-order valence-corrected chi connectivity index (χ0v) is 10.2. The molecule has 5 heteroatoms. The number of rotatable bonds is 5. The van der Waals surface area contributed by atoms with Gasteiger partial charge in [0.2, 0.25) is 5.91 Å². The first-order valence-corrected chi connectivity index (χ1v) is 4.70. The van der Waals surface area contributed by atoms with E-state index < -0.39 is 5.91 Å². The molecule has 0 aromatic rings. The smallest absolute Gasteiger partial charge is 0.333 e. The summed E-state index contributed by atoms with van der Waals surface area (Å²) in [5.74, 6) is -0.795. The molecule has 1 amide bonds. The lowest BCUT2D eigenvalue weighted by Crippen LogP contribution is -2.20. The first-order valence-electron chi connectivity index (χ1n) is 4.70. The van der Waals surface area contributed by atoms with Gasteiger partial charge in [-0.05, 0) is 27.1 Å². The Morgan fingerprint density at radius 3 is 2.12 bits per heavy atom. The molecule has 0 fully saturated rings. The van der Waals surface area contributed by atoms with Crippen molar-refractivity contribution in [1.29, 1.82) is 0 Å². The molecule has 0 unspecified atom stereocenters. The SMILES string of the molecule is C=C(C)C(=O)OCCN(C)C.C=CC(N)=O. The minimum Gasteiger partial charge on any atom is -0.461 e. The van der Waals surface area contributed by atoms with Crippen LogP contribution in [0.4, 0.5) is 0 Å². The van der Waals surface area contributed by atoms with Gasteiger partial charge in [-0.2, -0.15) is 0 Å². The van der Waals surface area contributed by atoms with Crippen LogP contribution in [0.25, 0.3) is 0 Å². The number of carbonyl (C=O) groups is 2. The molecule has 0 aromatic heterocycles. The number of amides is 1. The van der Waals surface area contributed by atoms with Gasteiger partial charge in [-0.1, -0.05) is 13.2 Å². The summed E-state index contributed by atoms with van der Waals surface area (Å²) in [6, 6.07) is 0. The fourth-order valence-electron chi connectivity index (χ4n) is 0.444. The largest absolute Gasteiger partial charge is 0.461 e. The Labute approximate surface area is 96.6 Å². The number of esters is 1. The maximum absolute atomic E-state index is 10.8. The Morgan fingerprint density at radius 2 is 1.88 bits per heavy atom. The Morgan fingerprint density at radius 1 is 1.44 bits per heavy atom. The van der Waals surface area contributed by atoms with Crippen molar-refractivity contribution in [1.82, 2.24) is 4.90 Å². The zero-order valence-electron chi connectivity index (χ0n) is 10.2.